The molecule has 0 aliphatic carbocycles. The molecule has 28 heavy (non-hydrogen) atoms. The molecule has 1 unspecified atom stereocenters. The number of nitrogens with one attached hydrogen (secondary N) is 2. The number of carbonyl (C=O) groups is 1. The smallest absolute Gasteiger partial charge is 0.269 e. The van der Waals surface area contributed by atoms with E-state index in [4.69, 9.17) is 16.9 Å². The number of halogens is 1. The quantitative estimate of drug-likeness (QED) is 0.837. The molecule has 0 fully saturated rings. The van der Waals surface area contributed by atoms with Gasteiger partial charge in [-0.25, -0.2) is 0 Å². The molecule has 2 heterocycles. The predicted octanol–water partition coefficient (Wildman–Crippen LogP) is 3.73. The van der Waals surface area contributed by atoms with Crippen molar-refractivity contribution in [3.63, 3.8) is 0 Å². The summed E-state index contributed by atoms with van der Waals surface area (Å²) in [6.07, 6.45) is 7.48. The van der Waals surface area contributed by atoms with Crippen molar-refractivity contribution in [2.45, 2.75) is 12.7 Å². The van der Waals surface area contributed by atoms with Gasteiger partial charge in [-0.2, -0.15) is 5.26 Å². The largest absolute Gasteiger partial charge is 0.355 e. The number of hydrogen-bond donors (Lipinski definition) is 2. The van der Waals surface area contributed by atoms with Gasteiger partial charge in [0, 0.05) is 17.8 Å². The second-order valence-corrected chi connectivity index (χ2v) is 6.90. The summed E-state index contributed by atoms with van der Waals surface area (Å²) in [5.74, 6) is -0.186. The van der Waals surface area contributed by atoms with Gasteiger partial charge in [0.05, 0.1) is 17.3 Å². The highest BCUT2D eigenvalue weighted by Gasteiger charge is 2.33. The van der Waals surface area contributed by atoms with Gasteiger partial charge in [-0.3, -0.25) is 4.79 Å². The summed E-state index contributed by atoms with van der Waals surface area (Å²) in [5, 5.41) is 15.8. The van der Waals surface area contributed by atoms with Gasteiger partial charge < -0.3 is 15.5 Å². The lowest BCUT2D eigenvalue weighted by molar-refractivity contribution is -0.118. The molecule has 1 atom stereocenters. The number of nitriles is 1. The van der Waals surface area contributed by atoms with Gasteiger partial charge in [-0.15, -0.1) is 0 Å². The van der Waals surface area contributed by atoms with Gasteiger partial charge in [-0.1, -0.05) is 41.9 Å². The van der Waals surface area contributed by atoms with Crippen LogP contribution in [0.25, 0.3) is 0 Å². The average Bonchev–Trinajstić information content (AvgIpc) is 3.12. The van der Waals surface area contributed by atoms with Crippen molar-refractivity contribution in [1.82, 2.24) is 15.5 Å². The van der Waals surface area contributed by atoms with E-state index in [2.05, 4.69) is 16.7 Å². The van der Waals surface area contributed by atoms with Crippen LogP contribution in [0.3, 0.4) is 0 Å². The summed E-state index contributed by atoms with van der Waals surface area (Å²) in [6, 6.07) is 16.8. The van der Waals surface area contributed by atoms with Crippen LogP contribution in [0, 0.1) is 11.3 Å². The number of nitrogens with zero attached hydrogens (tertiary/aromatic N) is 2. The Labute approximate surface area is 168 Å². The molecule has 0 saturated carbocycles. The maximum atomic E-state index is 12.8. The lowest BCUT2D eigenvalue weighted by Gasteiger charge is -2.26. The van der Waals surface area contributed by atoms with Crippen molar-refractivity contribution < 1.29 is 4.79 Å². The fraction of sp³-hybridized carbons (Fsp3) is 0.0909. The van der Waals surface area contributed by atoms with E-state index in [-0.39, 0.29) is 12.1 Å². The van der Waals surface area contributed by atoms with Crippen molar-refractivity contribution in [2.75, 3.05) is 0 Å². The molecule has 2 N–H and O–H groups in total. The zero-order valence-corrected chi connectivity index (χ0v) is 15.6. The lowest BCUT2D eigenvalue weighted by Crippen LogP contribution is -2.31. The minimum Gasteiger partial charge on any atom is -0.355 e. The molecular weight excluding hydrogens is 372 g/mol. The summed E-state index contributed by atoms with van der Waals surface area (Å²) >= 11 is 6.15. The first kappa shape index (κ1) is 17.9. The molecule has 2 aromatic rings. The standard InChI is InChI=1S/C22H17ClN4O/c23-18-5-3-4-17(12-18)21-26-20(19-6-1-2-11-27(19)21)22(28)25-14-16-9-7-15(13-24)8-10-16/h1-12,21,26H,14H2,(H,25,28). The third-order valence-corrected chi connectivity index (χ3v) is 4.87. The molecule has 6 heteroatoms. The van der Waals surface area contributed by atoms with Gasteiger partial charge in [0.25, 0.3) is 5.91 Å². The Morgan fingerprint density at radius 3 is 2.79 bits per heavy atom. The van der Waals surface area contributed by atoms with Gasteiger partial charge in [-0.05, 0) is 47.5 Å². The van der Waals surface area contributed by atoms with Crippen molar-refractivity contribution in [3.8, 4) is 6.07 Å². The Morgan fingerprint density at radius 1 is 1.21 bits per heavy atom. The number of amides is 1. The highest BCUT2D eigenvalue weighted by atomic mass is 35.5. The van der Waals surface area contributed by atoms with Crippen LogP contribution in [-0.4, -0.2) is 10.8 Å². The molecule has 0 spiro atoms. The van der Waals surface area contributed by atoms with Crippen LogP contribution in [-0.2, 0) is 11.3 Å². The Bertz CT molecular complexity index is 1050. The Hall–Kier alpha value is -3.49. The van der Waals surface area contributed by atoms with E-state index >= 15 is 0 Å². The summed E-state index contributed by atoms with van der Waals surface area (Å²) in [5.41, 5.74) is 3.82. The van der Waals surface area contributed by atoms with Crippen molar-refractivity contribution in [1.29, 1.82) is 5.26 Å². The molecule has 2 aliphatic heterocycles. The van der Waals surface area contributed by atoms with Crippen molar-refractivity contribution in [2.24, 2.45) is 0 Å². The zero-order valence-electron chi connectivity index (χ0n) is 14.9. The highest BCUT2D eigenvalue weighted by molar-refractivity contribution is 6.30. The van der Waals surface area contributed by atoms with E-state index in [1.54, 1.807) is 12.1 Å². The first-order chi connectivity index (χ1) is 13.7. The lowest BCUT2D eigenvalue weighted by atomic mass is 10.1. The van der Waals surface area contributed by atoms with E-state index in [9.17, 15) is 4.79 Å². The second-order valence-electron chi connectivity index (χ2n) is 6.46. The van der Waals surface area contributed by atoms with Gasteiger partial charge in [0.1, 0.15) is 11.9 Å². The molecule has 2 aliphatic rings. The SMILES string of the molecule is N#Cc1ccc(CNC(=O)C2=C3C=CC=CN3C(c3cccc(Cl)c3)N2)cc1. The molecule has 4 rings (SSSR count). The van der Waals surface area contributed by atoms with Gasteiger partial charge in [0.2, 0.25) is 0 Å². The van der Waals surface area contributed by atoms with Crippen LogP contribution in [0.5, 0.6) is 0 Å². The monoisotopic (exact) mass is 388 g/mol. The summed E-state index contributed by atoms with van der Waals surface area (Å²) in [4.78, 5) is 14.9. The maximum absolute atomic E-state index is 12.8. The summed E-state index contributed by atoms with van der Waals surface area (Å²) < 4.78 is 0. The Kier molecular flexibility index (Phi) is 4.88. The van der Waals surface area contributed by atoms with Crippen LogP contribution >= 0.6 is 11.6 Å². The molecule has 1 amide bonds. The third kappa shape index (κ3) is 3.51. The topological polar surface area (TPSA) is 68.2 Å². The second kappa shape index (κ2) is 7.63. The minimum atomic E-state index is -0.203. The fourth-order valence-corrected chi connectivity index (χ4v) is 3.44. The van der Waals surface area contributed by atoms with Gasteiger partial charge >= 0.3 is 0 Å². The van der Waals surface area contributed by atoms with Crippen molar-refractivity contribution >= 4 is 17.5 Å². The van der Waals surface area contributed by atoms with E-state index in [0.29, 0.717) is 22.8 Å². The number of benzene rings is 2. The average molecular weight is 389 g/mol. The van der Waals surface area contributed by atoms with Gasteiger partial charge in [0.15, 0.2) is 0 Å². The molecule has 5 nitrogen and oxygen atoms in total. The number of carbonyl (C=O) groups excluding carboxylic acids is 1. The van der Waals surface area contributed by atoms with Crippen LogP contribution < -0.4 is 10.6 Å². The molecule has 2 aromatic carbocycles. The molecule has 0 bridgehead atoms. The molecule has 0 saturated heterocycles. The summed E-state index contributed by atoms with van der Waals surface area (Å²) in [7, 11) is 0. The Morgan fingerprint density at radius 2 is 2.04 bits per heavy atom. The number of fused-ring (bicyclic) bond motifs is 1. The van der Waals surface area contributed by atoms with Crippen LogP contribution in [0.4, 0.5) is 0 Å². The third-order valence-electron chi connectivity index (χ3n) is 4.63. The van der Waals surface area contributed by atoms with E-state index in [0.717, 1.165) is 16.8 Å². The molecular formula is C22H17ClN4O. The Balaban J connectivity index is 1.52. The van der Waals surface area contributed by atoms with Crippen LogP contribution in [0.1, 0.15) is 22.9 Å². The van der Waals surface area contributed by atoms with E-state index < -0.39 is 0 Å². The number of allylic oxidation sites excluding steroid dienone is 3. The predicted molar refractivity (Wildman–Crippen MR) is 107 cm³/mol. The molecule has 0 radical (unpaired) electrons. The fourth-order valence-electron chi connectivity index (χ4n) is 3.24. The van der Waals surface area contributed by atoms with Crippen molar-refractivity contribution in [3.05, 3.63) is 106 Å². The first-order valence-electron chi connectivity index (χ1n) is 8.82. The minimum absolute atomic E-state index is 0.186. The highest BCUT2D eigenvalue weighted by Crippen LogP contribution is 2.34. The summed E-state index contributed by atoms with van der Waals surface area (Å²) in [6.45, 7) is 0.379. The van der Waals surface area contributed by atoms with Crippen LogP contribution in [0.2, 0.25) is 5.02 Å². The number of rotatable bonds is 4. The van der Waals surface area contributed by atoms with E-state index in [1.807, 2.05) is 65.7 Å². The van der Waals surface area contributed by atoms with E-state index in [1.165, 1.54) is 0 Å². The maximum Gasteiger partial charge on any atom is 0.269 e. The molecule has 138 valence electrons. The first-order valence-corrected chi connectivity index (χ1v) is 9.20. The van der Waals surface area contributed by atoms with Crippen LogP contribution in [0.15, 0.2) is 84.4 Å². The zero-order chi connectivity index (χ0) is 19.5. The number of hydrogen-bond acceptors (Lipinski definition) is 4. The molecule has 0 aromatic heterocycles. The normalized spacial score (nSPS) is 17.1.